The molecule has 0 radical (unpaired) electrons. The molecule has 0 N–H and O–H groups in total. The molecule has 0 fully saturated rings. The molecule has 2 heteroatoms. The van der Waals surface area contributed by atoms with Gasteiger partial charge in [-0.25, -0.2) is 0 Å². The van der Waals surface area contributed by atoms with Gasteiger partial charge in [0, 0.05) is 21.6 Å². The summed E-state index contributed by atoms with van der Waals surface area (Å²) in [5.41, 5.74) is 3.87. The van der Waals surface area contributed by atoms with Crippen molar-refractivity contribution in [1.82, 2.24) is 0 Å². The van der Waals surface area contributed by atoms with Crippen molar-refractivity contribution in [2.24, 2.45) is 5.92 Å². The lowest BCUT2D eigenvalue weighted by molar-refractivity contribution is 0.0924. The highest BCUT2D eigenvalue weighted by Crippen LogP contribution is 2.40. The summed E-state index contributed by atoms with van der Waals surface area (Å²) >= 11 is 1.87. The maximum atomic E-state index is 12.2. The van der Waals surface area contributed by atoms with Crippen molar-refractivity contribution >= 4 is 17.5 Å². The van der Waals surface area contributed by atoms with E-state index in [-0.39, 0.29) is 5.92 Å². The van der Waals surface area contributed by atoms with Gasteiger partial charge < -0.3 is 0 Å². The van der Waals surface area contributed by atoms with E-state index in [0.717, 1.165) is 12.0 Å². The van der Waals surface area contributed by atoms with Crippen molar-refractivity contribution < 1.29 is 4.79 Å². The lowest BCUT2D eigenvalue weighted by Crippen LogP contribution is -2.26. The third-order valence-electron chi connectivity index (χ3n) is 3.89. The fourth-order valence-corrected chi connectivity index (χ4v) is 3.88. The SMILES string of the molecule is CC1Sc2cc3c(cc2C(=O)C1C)CCC3. The van der Waals surface area contributed by atoms with Crippen LogP contribution in [0.2, 0.25) is 0 Å². The topological polar surface area (TPSA) is 17.1 Å². The van der Waals surface area contributed by atoms with Crippen LogP contribution in [0, 0.1) is 5.92 Å². The summed E-state index contributed by atoms with van der Waals surface area (Å²) in [4.78, 5) is 13.4. The minimum atomic E-state index is 0.164. The van der Waals surface area contributed by atoms with E-state index >= 15 is 0 Å². The molecule has 1 aromatic rings. The van der Waals surface area contributed by atoms with Crippen LogP contribution >= 0.6 is 11.8 Å². The molecular weight excluding hydrogens is 216 g/mol. The zero-order valence-corrected chi connectivity index (χ0v) is 10.6. The first-order chi connectivity index (χ1) is 7.66. The Bertz CT molecular complexity index is 464. The number of carbonyl (C=O) groups excluding carboxylic acids is 1. The zero-order valence-electron chi connectivity index (χ0n) is 9.75. The second kappa shape index (κ2) is 3.63. The summed E-state index contributed by atoms with van der Waals surface area (Å²) in [7, 11) is 0. The van der Waals surface area contributed by atoms with E-state index in [1.54, 1.807) is 0 Å². The van der Waals surface area contributed by atoms with E-state index in [1.807, 2.05) is 11.8 Å². The first-order valence-electron chi connectivity index (χ1n) is 6.03. The van der Waals surface area contributed by atoms with Gasteiger partial charge in [0.2, 0.25) is 0 Å². The summed E-state index contributed by atoms with van der Waals surface area (Å²) in [6, 6.07) is 4.43. The maximum absolute atomic E-state index is 12.2. The average molecular weight is 232 g/mol. The fourth-order valence-electron chi connectivity index (χ4n) is 2.65. The molecule has 0 spiro atoms. The minimum absolute atomic E-state index is 0.164. The second-order valence-corrected chi connectivity index (χ2v) is 6.37. The lowest BCUT2D eigenvalue weighted by atomic mass is 9.93. The highest BCUT2D eigenvalue weighted by molar-refractivity contribution is 8.00. The van der Waals surface area contributed by atoms with Crippen molar-refractivity contribution in [2.45, 2.75) is 43.3 Å². The summed E-state index contributed by atoms with van der Waals surface area (Å²) in [5, 5.41) is 0.416. The van der Waals surface area contributed by atoms with Crippen LogP contribution in [0.25, 0.3) is 0 Å². The zero-order chi connectivity index (χ0) is 11.3. The van der Waals surface area contributed by atoms with Crippen molar-refractivity contribution in [1.29, 1.82) is 0 Å². The van der Waals surface area contributed by atoms with Gasteiger partial charge >= 0.3 is 0 Å². The monoisotopic (exact) mass is 232 g/mol. The number of hydrogen-bond donors (Lipinski definition) is 0. The Morgan fingerprint density at radius 3 is 2.62 bits per heavy atom. The van der Waals surface area contributed by atoms with E-state index in [0.29, 0.717) is 11.0 Å². The standard InChI is InChI=1S/C14H16OS/c1-8-9(2)16-13-7-11-5-3-4-10(11)6-12(13)14(8)15/h6-9H,3-5H2,1-2H3. The summed E-state index contributed by atoms with van der Waals surface area (Å²) in [6.45, 7) is 4.21. The van der Waals surface area contributed by atoms with Crippen molar-refractivity contribution in [3.05, 3.63) is 28.8 Å². The van der Waals surface area contributed by atoms with Gasteiger partial charge in [-0.05, 0) is 42.5 Å². The predicted octanol–water partition coefficient (Wildman–Crippen LogP) is 3.49. The summed E-state index contributed by atoms with van der Waals surface area (Å²) < 4.78 is 0. The first kappa shape index (κ1) is 10.4. The van der Waals surface area contributed by atoms with Gasteiger partial charge in [0.1, 0.15) is 0 Å². The van der Waals surface area contributed by atoms with Crippen molar-refractivity contribution in [3.8, 4) is 0 Å². The van der Waals surface area contributed by atoms with E-state index in [1.165, 1.54) is 28.9 Å². The fraction of sp³-hybridized carbons (Fsp3) is 0.500. The molecule has 1 aliphatic heterocycles. The molecule has 1 aromatic carbocycles. The molecule has 0 amide bonds. The Hall–Kier alpha value is -0.760. The Morgan fingerprint density at radius 2 is 1.88 bits per heavy atom. The second-order valence-electron chi connectivity index (χ2n) is 4.95. The van der Waals surface area contributed by atoms with Crippen LogP contribution in [-0.2, 0) is 12.8 Å². The molecular formula is C14H16OS. The van der Waals surface area contributed by atoms with Gasteiger partial charge in [-0.3, -0.25) is 4.79 Å². The molecule has 3 rings (SSSR count). The molecule has 2 atom stereocenters. The third-order valence-corrected chi connectivity index (χ3v) is 5.26. The Morgan fingerprint density at radius 1 is 1.19 bits per heavy atom. The largest absolute Gasteiger partial charge is 0.294 e. The maximum Gasteiger partial charge on any atom is 0.167 e. The number of ketones is 1. The number of Topliss-reactive ketones (excluding diaryl/α,β-unsaturated/α-hetero) is 1. The lowest BCUT2D eigenvalue weighted by Gasteiger charge is -2.26. The van der Waals surface area contributed by atoms with Crippen LogP contribution < -0.4 is 0 Å². The highest BCUT2D eigenvalue weighted by Gasteiger charge is 2.31. The number of benzene rings is 1. The van der Waals surface area contributed by atoms with E-state index in [9.17, 15) is 4.79 Å². The Balaban J connectivity index is 2.13. The summed E-state index contributed by atoms with van der Waals surface area (Å²) in [6.07, 6.45) is 3.61. The molecule has 2 aliphatic rings. The number of carbonyl (C=O) groups is 1. The van der Waals surface area contributed by atoms with E-state index in [4.69, 9.17) is 0 Å². The molecule has 1 nitrogen and oxygen atoms in total. The van der Waals surface area contributed by atoms with Crippen molar-refractivity contribution in [2.75, 3.05) is 0 Å². The van der Waals surface area contributed by atoms with Gasteiger partial charge in [0.05, 0.1) is 0 Å². The molecule has 16 heavy (non-hydrogen) atoms. The molecule has 0 bridgehead atoms. The number of thioether (sulfide) groups is 1. The summed E-state index contributed by atoms with van der Waals surface area (Å²) in [5.74, 6) is 0.507. The van der Waals surface area contributed by atoms with Crippen LogP contribution in [0.1, 0.15) is 41.8 Å². The quantitative estimate of drug-likeness (QED) is 0.681. The molecule has 2 unspecified atom stereocenters. The number of aryl methyl sites for hydroxylation is 2. The van der Waals surface area contributed by atoms with Gasteiger partial charge in [0.25, 0.3) is 0 Å². The van der Waals surface area contributed by atoms with Gasteiger partial charge in [-0.2, -0.15) is 0 Å². The van der Waals surface area contributed by atoms with Crippen LogP contribution in [0.15, 0.2) is 17.0 Å². The highest BCUT2D eigenvalue weighted by atomic mass is 32.2. The Kier molecular flexibility index (Phi) is 2.36. The van der Waals surface area contributed by atoms with Gasteiger partial charge in [-0.15, -0.1) is 11.8 Å². The van der Waals surface area contributed by atoms with Crippen LogP contribution in [0.3, 0.4) is 0 Å². The number of hydrogen-bond acceptors (Lipinski definition) is 2. The smallest absolute Gasteiger partial charge is 0.167 e. The van der Waals surface area contributed by atoms with Gasteiger partial charge in [0.15, 0.2) is 5.78 Å². The van der Waals surface area contributed by atoms with Crippen LogP contribution in [0.4, 0.5) is 0 Å². The van der Waals surface area contributed by atoms with Crippen molar-refractivity contribution in [3.63, 3.8) is 0 Å². The first-order valence-corrected chi connectivity index (χ1v) is 6.91. The predicted molar refractivity (Wildman–Crippen MR) is 67.3 cm³/mol. The van der Waals surface area contributed by atoms with E-state index < -0.39 is 0 Å². The third kappa shape index (κ3) is 1.43. The number of rotatable bonds is 0. The van der Waals surface area contributed by atoms with Crippen LogP contribution in [-0.4, -0.2) is 11.0 Å². The molecule has 0 aromatic heterocycles. The number of fused-ring (bicyclic) bond motifs is 2. The molecule has 1 heterocycles. The molecule has 0 saturated heterocycles. The molecule has 84 valence electrons. The van der Waals surface area contributed by atoms with E-state index in [2.05, 4.69) is 26.0 Å². The van der Waals surface area contributed by atoms with Gasteiger partial charge in [-0.1, -0.05) is 13.8 Å². The van der Waals surface area contributed by atoms with Crippen LogP contribution in [0.5, 0.6) is 0 Å². The minimum Gasteiger partial charge on any atom is -0.294 e. The normalized spacial score (nSPS) is 27.8. The molecule has 1 aliphatic carbocycles. The molecule has 0 saturated carbocycles. The Labute approximate surface area is 101 Å². The average Bonchev–Trinajstić information content (AvgIpc) is 2.71.